The van der Waals surface area contributed by atoms with Crippen LogP contribution >= 0.6 is 0 Å². The van der Waals surface area contributed by atoms with Gasteiger partial charge in [-0.25, -0.2) is 0 Å². The molecule has 2 nitrogen and oxygen atoms in total. The summed E-state index contributed by atoms with van der Waals surface area (Å²) in [5.74, 6) is 0. The van der Waals surface area contributed by atoms with Crippen LogP contribution in [0.3, 0.4) is 0 Å². The highest BCUT2D eigenvalue weighted by atomic mass is 14.6. The molecular weight excluding hydrogens is 701 g/mol. The van der Waals surface area contributed by atoms with E-state index in [1.165, 1.54) is 87.2 Å². The van der Waals surface area contributed by atoms with E-state index in [1.54, 1.807) is 0 Å². The van der Waals surface area contributed by atoms with Gasteiger partial charge in [-0.2, -0.15) is 0 Å². The van der Waals surface area contributed by atoms with Gasteiger partial charge in [-0.3, -0.25) is 9.97 Å². The van der Waals surface area contributed by atoms with Crippen molar-refractivity contribution in [3.05, 3.63) is 207 Å². The first-order valence-electron chi connectivity index (χ1n) is 19.9. The molecule has 0 aliphatic rings. The smallest absolute Gasteiger partial charge is 0.0708 e. The number of rotatable bonds is 4. The Balaban J connectivity index is 1.24. The number of hydrogen-bond acceptors (Lipinski definition) is 2. The summed E-state index contributed by atoms with van der Waals surface area (Å²) in [4.78, 5) is 9.56. The summed E-state index contributed by atoms with van der Waals surface area (Å²) in [6.07, 6.45) is 3.77. The van der Waals surface area contributed by atoms with E-state index in [-0.39, 0.29) is 0 Å². The van der Waals surface area contributed by atoms with Crippen LogP contribution < -0.4 is 0 Å². The summed E-state index contributed by atoms with van der Waals surface area (Å²) in [5, 5.41) is 14.4. The second kappa shape index (κ2) is 12.9. The van der Waals surface area contributed by atoms with Crippen molar-refractivity contribution in [2.45, 2.75) is 0 Å². The zero-order valence-electron chi connectivity index (χ0n) is 31.5. The Hall–Kier alpha value is -7.68. The van der Waals surface area contributed by atoms with Crippen LogP contribution in [0.4, 0.5) is 0 Å². The Morgan fingerprint density at radius 3 is 1.00 bits per heavy atom. The molecule has 0 radical (unpaired) electrons. The molecule has 2 heterocycles. The fourth-order valence-electron chi connectivity index (χ4n) is 9.28. The van der Waals surface area contributed by atoms with Gasteiger partial charge < -0.3 is 0 Å². The zero-order valence-corrected chi connectivity index (χ0v) is 31.5. The topological polar surface area (TPSA) is 25.8 Å². The number of nitrogens with zero attached hydrogens (tertiary/aromatic N) is 2. The number of aromatic nitrogens is 2. The number of pyridine rings is 2. The lowest BCUT2D eigenvalue weighted by atomic mass is 9.80. The molecule has 0 saturated heterocycles. The lowest BCUT2D eigenvalue weighted by Gasteiger charge is -2.23. The summed E-state index contributed by atoms with van der Waals surface area (Å²) in [5.41, 5.74) is 11.5. The van der Waals surface area contributed by atoms with Gasteiger partial charge in [0.2, 0.25) is 0 Å². The second-order valence-corrected chi connectivity index (χ2v) is 15.4. The van der Waals surface area contributed by atoms with E-state index < -0.39 is 0 Å². The minimum absolute atomic E-state index is 0.989. The van der Waals surface area contributed by atoms with Crippen molar-refractivity contribution in [2.24, 2.45) is 0 Å². The molecule has 0 saturated carbocycles. The Kier molecular flexibility index (Phi) is 7.26. The van der Waals surface area contributed by atoms with Gasteiger partial charge in [-0.15, -0.1) is 0 Å². The fourth-order valence-corrected chi connectivity index (χ4v) is 9.28. The number of fused-ring (bicyclic) bond motifs is 7. The fraction of sp³-hybridized carbons (Fsp3) is 0. The van der Waals surface area contributed by atoms with Crippen molar-refractivity contribution in [3.63, 3.8) is 0 Å². The molecule has 0 aliphatic heterocycles. The van der Waals surface area contributed by atoms with Crippen LogP contribution in [-0.4, -0.2) is 9.97 Å². The van der Waals surface area contributed by atoms with E-state index in [2.05, 4.69) is 182 Å². The quantitative estimate of drug-likeness (QED) is 0.168. The average Bonchev–Trinajstić information content (AvgIpc) is 3.29. The standard InChI is InChI=1S/C56H34N2/c1-3-13-39-29-49(47(27-37(39)11-1)43-23-21-35-17-9-25-57-53(35)33-43)55-45-19-7-8-20-46(45)56(52-32-42-16-6-5-15-41(42)31-51(52)55)50-30-40-14-4-2-12-38(40)28-48(50)44-24-22-36-18-10-26-58-54(36)34-44/h1-34H. The minimum Gasteiger partial charge on any atom is -0.256 e. The molecule has 10 aromatic carbocycles. The van der Waals surface area contributed by atoms with Gasteiger partial charge in [0.25, 0.3) is 0 Å². The predicted molar refractivity (Wildman–Crippen MR) is 246 cm³/mol. The van der Waals surface area contributed by atoms with E-state index in [0.29, 0.717) is 0 Å². The average molecular weight is 735 g/mol. The molecule has 268 valence electrons. The lowest BCUT2D eigenvalue weighted by Crippen LogP contribution is -1.95. The zero-order chi connectivity index (χ0) is 38.2. The Bertz CT molecular complexity index is 3400. The third-order valence-corrected chi connectivity index (χ3v) is 12.0. The molecule has 0 N–H and O–H groups in total. The molecule has 2 aromatic heterocycles. The van der Waals surface area contributed by atoms with Crippen LogP contribution in [0.5, 0.6) is 0 Å². The van der Waals surface area contributed by atoms with Gasteiger partial charge in [-0.05, 0) is 159 Å². The summed E-state index contributed by atoms with van der Waals surface area (Å²) in [7, 11) is 0. The molecule has 12 rings (SSSR count). The van der Waals surface area contributed by atoms with Crippen LogP contribution in [0.15, 0.2) is 207 Å². The van der Waals surface area contributed by atoms with E-state index in [9.17, 15) is 0 Å². The Morgan fingerprint density at radius 2 is 0.586 bits per heavy atom. The molecule has 0 aliphatic carbocycles. The first-order chi connectivity index (χ1) is 28.7. The van der Waals surface area contributed by atoms with Crippen LogP contribution in [0.25, 0.3) is 120 Å². The lowest BCUT2D eigenvalue weighted by molar-refractivity contribution is 1.41. The van der Waals surface area contributed by atoms with E-state index in [4.69, 9.17) is 9.97 Å². The normalized spacial score (nSPS) is 11.8. The molecule has 58 heavy (non-hydrogen) atoms. The Labute approximate surface area is 335 Å². The third-order valence-electron chi connectivity index (χ3n) is 12.0. The molecule has 0 fully saturated rings. The largest absolute Gasteiger partial charge is 0.256 e. The van der Waals surface area contributed by atoms with Crippen molar-refractivity contribution >= 4 is 75.7 Å². The molecule has 12 aromatic rings. The minimum atomic E-state index is 0.989. The van der Waals surface area contributed by atoms with Gasteiger partial charge in [0.05, 0.1) is 11.0 Å². The van der Waals surface area contributed by atoms with Crippen molar-refractivity contribution < 1.29 is 0 Å². The van der Waals surface area contributed by atoms with E-state index >= 15 is 0 Å². The first-order valence-corrected chi connectivity index (χ1v) is 19.9. The van der Waals surface area contributed by atoms with E-state index in [0.717, 1.165) is 32.9 Å². The van der Waals surface area contributed by atoms with Gasteiger partial charge >= 0.3 is 0 Å². The summed E-state index contributed by atoms with van der Waals surface area (Å²) < 4.78 is 0. The highest BCUT2D eigenvalue weighted by Gasteiger charge is 2.23. The van der Waals surface area contributed by atoms with Crippen LogP contribution in [-0.2, 0) is 0 Å². The van der Waals surface area contributed by atoms with Gasteiger partial charge in [0.15, 0.2) is 0 Å². The number of hydrogen-bond donors (Lipinski definition) is 0. The van der Waals surface area contributed by atoms with Crippen LogP contribution in [0, 0.1) is 0 Å². The van der Waals surface area contributed by atoms with Crippen molar-refractivity contribution in [1.29, 1.82) is 0 Å². The maximum absolute atomic E-state index is 4.78. The molecule has 0 atom stereocenters. The SMILES string of the molecule is c1ccc2cc(-c3c4ccccc4c(-c4cc5ccccc5cc4-c4ccc5cccnc5c4)c4cc5ccccc5cc34)c(-c3ccc4cccnc4c3)cc2c1. The van der Waals surface area contributed by atoms with Gasteiger partial charge in [0, 0.05) is 23.2 Å². The number of benzene rings is 10. The summed E-state index contributed by atoms with van der Waals surface area (Å²) in [6, 6.07) is 71.4. The van der Waals surface area contributed by atoms with Gasteiger partial charge in [-0.1, -0.05) is 133 Å². The van der Waals surface area contributed by atoms with Gasteiger partial charge in [0.1, 0.15) is 0 Å². The summed E-state index contributed by atoms with van der Waals surface area (Å²) in [6.45, 7) is 0. The van der Waals surface area contributed by atoms with Crippen LogP contribution in [0.2, 0.25) is 0 Å². The molecule has 0 spiro atoms. The van der Waals surface area contributed by atoms with Crippen molar-refractivity contribution in [2.75, 3.05) is 0 Å². The van der Waals surface area contributed by atoms with Crippen LogP contribution in [0.1, 0.15) is 0 Å². The highest BCUT2D eigenvalue weighted by Crippen LogP contribution is 2.50. The molecule has 0 amide bonds. The summed E-state index contributed by atoms with van der Waals surface area (Å²) >= 11 is 0. The predicted octanol–water partition coefficient (Wildman–Crippen LogP) is 15.2. The molecular formula is C56H34N2. The molecule has 0 bridgehead atoms. The maximum atomic E-state index is 4.78. The second-order valence-electron chi connectivity index (χ2n) is 15.4. The highest BCUT2D eigenvalue weighted by molar-refractivity contribution is 6.26. The Morgan fingerprint density at radius 1 is 0.241 bits per heavy atom. The van der Waals surface area contributed by atoms with Crippen molar-refractivity contribution in [3.8, 4) is 44.5 Å². The molecule has 0 unspecified atom stereocenters. The van der Waals surface area contributed by atoms with Crippen molar-refractivity contribution in [1.82, 2.24) is 9.97 Å². The van der Waals surface area contributed by atoms with E-state index in [1.807, 2.05) is 24.5 Å². The monoisotopic (exact) mass is 734 g/mol. The first kappa shape index (κ1) is 32.6. The molecule has 2 heteroatoms. The third kappa shape index (κ3) is 5.19. The maximum Gasteiger partial charge on any atom is 0.0708 e.